The highest BCUT2D eigenvalue weighted by molar-refractivity contribution is 7.99. The average molecular weight is 241 g/mol. The van der Waals surface area contributed by atoms with Crippen molar-refractivity contribution in [1.82, 2.24) is 4.90 Å². The summed E-state index contributed by atoms with van der Waals surface area (Å²) in [5, 5.41) is 0. The van der Waals surface area contributed by atoms with E-state index in [4.69, 9.17) is 0 Å². The van der Waals surface area contributed by atoms with Crippen LogP contribution in [0.25, 0.3) is 0 Å². The lowest BCUT2D eigenvalue weighted by molar-refractivity contribution is -0.126. The van der Waals surface area contributed by atoms with Gasteiger partial charge in [-0.3, -0.25) is 4.79 Å². The fourth-order valence-corrected chi connectivity index (χ4v) is 3.72. The maximum absolute atomic E-state index is 11.9. The van der Waals surface area contributed by atoms with Crippen LogP contribution in [0.1, 0.15) is 32.6 Å². The van der Waals surface area contributed by atoms with Gasteiger partial charge >= 0.3 is 0 Å². The predicted octanol–water partition coefficient (Wildman–Crippen LogP) is 2.43. The topological polar surface area (TPSA) is 20.3 Å². The van der Waals surface area contributed by atoms with E-state index in [1.165, 1.54) is 31.0 Å². The van der Waals surface area contributed by atoms with Crippen molar-refractivity contribution in [2.45, 2.75) is 32.6 Å². The molecule has 0 aromatic rings. The molecule has 1 aliphatic heterocycles. The van der Waals surface area contributed by atoms with Gasteiger partial charge < -0.3 is 4.90 Å². The molecule has 2 nitrogen and oxygen atoms in total. The monoisotopic (exact) mass is 241 g/mol. The molecule has 0 aromatic carbocycles. The van der Waals surface area contributed by atoms with Crippen molar-refractivity contribution in [3.05, 3.63) is 0 Å². The summed E-state index contributed by atoms with van der Waals surface area (Å²) >= 11 is 2.06. The largest absolute Gasteiger partial charge is 0.302 e. The zero-order chi connectivity index (χ0) is 11.4. The molecule has 1 heterocycles. The van der Waals surface area contributed by atoms with Gasteiger partial charge in [0.15, 0.2) is 0 Å². The summed E-state index contributed by atoms with van der Waals surface area (Å²) in [5.41, 5.74) is 0. The van der Waals surface area contributed by atoms with Crippen molar-refractivity contribution >= 4 is 17.5 Å². The van der Waals surface area contributed by atoms with Crippen molar-refractivity contribution in [2.75, 3.05) is 31.1 Å². The van der Waals surface area contributed by atoms with Crippen molar-refractivity contribution in [1.29, 1.82) is 0 Å². The van der Waals surface area contributed by atoms with E-state index in [0.29, 0.717) is 11.7 Å². The summed E-state index contributed by atoms with van der Waals surface area (Å²) in [6.07, 6.45) is 4.36. The Morgan fingerprint density at radius 1 is 1.38 bits per heavy atom. The second-order valence-electron chi connectivity index (χ2n) is 5.31. The molecule has 3 heteroatoms. The van der Waals surface area contributed by atoms with Gasteiger partial charge in [-0.25, -0.2) is 0 Å². The lowest BCUT2D eigenvalue weighted by atomic mass is 9.81. The van der Waals surface area contributed by atoms with Crippen LogP contribution in [0.5, 0.6) is 0 Å². The van der Waals surface area contributed by atoms with Crippen LogP contribution in [0.3, 0.4) is 0 Å². The van der Waals surface area contributed by atoms with Crippen LogP contribution < -0.4 is 0 Å². The fourth-order valence-electron chi connectivity index (χ4n) is 2.80. The molecule has 1 saturated carbocycles. The third-order valence-corrected chi connectivity index (χ3v) is 4.87. The molecule has 0 bridgehead atoms. The van der Waals surface area contributed by atoms with Gasteiger partial charge in [0.2, 0.25) is 0 Å². The number of rotatable bonds is 2. The molecule has 2 atom stereocenters. The van der Waals surface area contributed by atoms with Gasteiger partial charge in [-0.2, -0.15) is 11.8 Å². The average Bonchev–Trinajstić information content (AvgIpc) is 2.52. The lowest BCUT2D eigenvalue weighted by Gasteiger charge is -2.30. The van der Waals surface area contributed by atoms with Crippen LogP contribution in [-0.2, 0) is 4.79 Å². The van der Waals surface area contributed by atoms with Crippen LogP contribution in [0.2, 0.25) is 0 Å². The molecule has 0 spiro atoms. The molecular formula is C13H23NOS. The Labute approximate surface area is 103 Å². The zero-order valence-electron chi connectivity index (χ0n) is 10.3. The van der Waals surface area contributed by atoms with Gasteiger partial charge in [0, 0.05) is 31.2 Å². The van der Waals surface area contributed by atoms with E-state index >= 15 is 0 Å². The molecule has 2 unspecified atom stereocenters. The van der Waals surface area contributed by atoms with Crippen molar-refractivity contribution in [3.63, 3.8) is 0 Å². The van der Waals surface area contributed by atoms with E-state index in [2.05, 4.69) is 23.6 Å². The summed E-state index contributed by atoms with van der Waals surface area (Å²) in [6.45, 7) is 5.70. The first kappa shape index (κ1) is 12.4. The standard InChI is InChI=1S/C13H23NOS/c1-11-3-4-13(15)12(9-11)10-14-5-2-7-16-8-6-14/h11-12H,2-10H2,1H3. The maximum atomic E-state index is 11.9. The summed E-state index contributed by atoms with van der Waals surface area (Å²) in [5.74, 6) is 4.16. The van der Waals surface area contributed by atoms with E-state index in [1.807, 2.05) is 0 Å². The van der Waals surface area contributed by atoms with Gasteiger partial charge in [0.1, 0.15) is 5.78 Å². The van der Waals surface area contributed by atoms with Crippen molar-refractivity contribution < 1.29 is 4.79 Å². The number of Topliss-reactive ketones (excluding diaryl/α,β-unsaturated/α-hetero) is 1. The Morgan fingerprint density at radius 2 is 2.25 bits per heavy atom. The van der Waals surface area contributed by atoms with Crippen LogP contribution in [0.15, 0.2) is 0 Å². The van der Waals surface area contributed by atoms with E-state index < -0.39 is 0 Å². The number of thioether (sulfide) groups is 1. The number of hydrogen-bond donors (Lipinski definition) is 0. The minimum atomic E-state index is 0.340. The lowest BCUT2D eigenvalue weighted by Crippen LogP contribution is -2.37. The Balaban J connectivity index is 1.84. The number of carbonyl (C=O) groups excluding carboxylic acids is 1. The van der Waals surface area contributed by atoms with Gasteiger partial charge in [0.25, 0.3) is 0 Å². The van der Waals surface area contributed by atoms with Crippen molar-refractivity contribution in [2.24, 2.45) is 11.8 Å². The van der Waals surface area contributed by atoms with Gasteiger partial charge in [-0.05, 0) is 37.5 Å². The molecule has 0 aromatic heterocycles. The molecular weight excluding hydrogens is 218 g/mol. The molecule has 16 heavy (non-hydrogen) atoms. The molecule has 2 rings (SSSR count). The number of hydrogen-bond acceptors (Lipinski definition) is 3. The van der Waals surface area contributed by atoms with Crippen molar-refractivity contribution in [3.8, 4) is 0 Å². The van der Waals surface area contributed by atoms with Gasteiger partial charge in [-0.15, -0.1) is 0 Å². The minimum absolute atomic E-state index is 0.340. The number of nitrogens with zero attached hydrogens (tertiary/aromatic N) is 1. The molecule has 0 radical (unpaired) electrons. The van der Waals surface area contributed by atoms with Gasteiger partial charge in [-0.1, -0.05) is 6.92 Å². The van der Waals surface area contributed by atoms with Crippen LogP contribution in [0.4, 0.5) is 0 Å². The molecule has 1 aliphatic carbocycles. The highest BCUT2D eigenvalue weighted by Gasteiger charge is 2.28. The third kappa shape index (κ3) is 3.49. The van der Waals surface area contributed by atoms with Crippen LogP contribution in [0, 0.1) is 11.8 Å². The molecule has 2 fully saturated rings. The SMILES string of the molecule is CC1CCC(=O)C(CN2CCCSCC2)C1. The Bertz CT molecular complexity index is 236. The summed E-state index contributed by atoms with van der Waals surface area (Å²) in [4.78, 5) is 14.4. The Morgan fingerprint density at radius 3 is 3.12 bits per heavy atom. The highest BCUT2D eigenvalue weighted by Crippen LogP contribution is 2.27. The molecule has 1 saturated heterocycles. The Kier molecular flexibility index (Phi) is 4.71. The third-order valence-electron chi connectivity index (χ3n) is 3.82. The first-order valence-electron chi connectivity index (χ1n) is 6.58. The summed E-state index contributed by atoms with van der Waals surface area (Å²) in [6, 6.07) is 0. The first-order chi connectivity index (χ1) is 7.75. The fraction of sp³-hybridized carbons (Fsp3) is 0.923. The summed E-state index contributed by atoms with van der Waals surface area (Å²) < 4.78 is 0. The first-order valence-corrected chi connectivity index (χ1v) is 7.74. The summed E-state index contributed by atoms with van der Waals surface area (Å²) in [7, 11) is 0. The van der Waals surface area contributed by atoms with E-state index in [9.17, 15) is 4.79 Å². The van der Waals surface area contributed by atoms with Crippen LogP contribution in [-0.4, -0.2) is 41.8 Å². The molecule has 2 aliphatic rings. The number of ketones is 1. The Hall–Kier alpha value is -0.0200. The predicted molar refractivity (Wildman–Crippen MR) is 69.9 cm³/mol. The zero-order valence-corrected chi connectivity index (χ0v) is 11.1. The molecule has 0 N–H and O–H groups in total. The molecule has 0 amide bonds. The minimum Gasteiger partial charge on any atom is -0.302 e. The van der Waals surface area contributed by atoms with E-state index in [-0.39, 0.29) is 0 Å². The molecule has 92 valence electrons. The smallest absolute Gasteiger partial charge is 0.137 e. The number of carbonyl (C=O) groups is 1. The maximum Gasteiger partial charge on any atom is 0.137 e. The highest BCUT2D eigenvalue weighted by atomic mass is 32.2. The van der Waals surface area contributed by atoms with Gasteiger partial charge in [0.05, 0.1) is 0 Å². The second kappa shape index (κ2) is 6.06. The van der Waals surface area contributed by atoms with E-state index in [1.54, 1.807) is 0 Å². The van der Waals surface area contributed by atoms with Crippen LogP contribution >= 0.6 is 11.8 Å². The normalized spacial score (nSPS) is 33.7. The second-order valence-corrected chi connectivity index (χ2v) is 6.53. The quantitative estimate of drug-likeness (QED) is 0.740. The van der Waals surface area contributed by atoms with E-state index in [0.717, 1.165) is 31.7 Å².